The second-order valence-corrected chi connectivity index (χ2v) is 6.26. The molecule has 0 aromatic heterocycles. The van der Waals surface area contributed by atoms with Crippen LogP contribution < -0.4 is 21.3 Å². The van der Waals surface area contributed by atoms with Gasteiger partial charge in [0, 0.05) is 45.6 Å². The average molecular weight is 380 g/mol. The number of amides is 2. The fourth-order valence-corrected chi connectivity index (χ4v) is 2.17. The summed E-state index contributed by atoms with van der Waals surface area (Å²) in [4.78, 5) is 15.9. The number of hydrogen-bond acceptors (Lipinski definition) is 4. The second kappa shape index (κ2) is 13.8. The minimum atomic E-state index is -0.202. The van der Waals surface area contributed by atoms with Gasteiger partial charge in [-0.2, -0.15) is 0 Å². The minimum Gasteiger partial charge on any atom is -0.382 e. The number of ether oxygens (including phenoxy) is 2. The monoisotopic (exact) mass is 379 g/mol. The zero-order chi connectivity index (χ0) is 19.9. The van der Waals surface area contributed by atoms with Crippen LogP contribution in [0.5, 0.6) is 0 Å². The van der Waals surface area contributed by atoms with Crippen molar-refractivity contribution < 1.29 is 14.3 Å². The van der Waals surface area contributed by atoms with E-state index in [-0.39, 0.29) is 12.1 Å². The number of urea groups is 1. The maximum atomic E-state index is 11.7. The summed E-state index contributed by atoms with van der Waals surface area (Å²) < 4.78 is 10.3. The first kappa shape index (κ1) is 22.7. The molecule has 0 saturated heterocycles. The molecular weight excluding hydrogens is 346 g/mol. The zero-order valence-electron chi connectivity index (χ0n) is 16.8. The SMILES string of the molecule is CN=C(NCCCOCCOC)NCc1ccc(NC(=O)NC(C)C)cc1. The Balaban J connectivity index is 2.27. The first-order valence-electron chi connectivity index (χ1n) is 9.22. The lowest BCUT2D eigenvalue weighted by atomic mass is 10.2. The number of carbonyl (C=O) groups is 1. The fraction of sp³-hybridized carbons (Fsp3) is 0.579. The largest absolute Gasteiger partial charge is 0.382 e. The van der Waals surface area contributed by atoms with Crippen LogP contribution in [0, 0.1) is 0 Å². The molecule has 1 rings (SSSR count). The van der Waals surface area contributed by atoms with Crippen molar-refractivity contribution in [2.24, 2.45) is 4.99 Å². The molecule has 0 aliphatic rings. The molecular formula is C19H33N5O3. The third kappa shape index (κ3) is 11.1. The number of methoxy groups -OCH3 is 1. The first-order chi connectivity index (χ1) is 13.0. The smallest absolute Gasteiger partial charge is 0.319 e. The van der Waals surface area contributed by atoms with E-state index in [1.807, 2.05) is 38.1 Å². The number of guanidine groups is 1. The van der Waals surface area contributed by atoms with E-state index in [1.165, 1.54) is 0 Å². The van der Waals surface area contributed by atoms with Gasteiger partial charge in [-0.05, 0) is 38.0 Å². The fourth-order valence-electron chi connectivity index (χ4n) is 2.17. The van der Waals surface area contributed by atoms with E-state index in [0.29, 0.717) is 26.4 Å². The lowest BCUT2D eigenvalue weighted by Gasteiger charge is -2.13. The van der Waals surface area contributed by atoms with Crippen LogP contribution in [0.25, 0.3) is 0 Å². The molecule has 0 heterocycles. The number of rotatable bonds is 11. The number of carbonyl (C=O) groups excluding carboxylic acids is 1. The molecule has 0 saturated carbocycles. The number of nitrogens with zero attached hydrogens (tertiary/aromatic N) is 1. The van der Waals surface area contributed by atoms with Crippen molar-refractivity contribution in [2.75, 3.05) is 45.8 Å². The highest BCUT2D eigenvalue weighted by Gasteiger charge is 2.03. The maximum Gasteiger partial charge on any atom is 0.319 e. The molecule has 27 heavy (non-hydrogen) atoms. The van der Waals surface area contributed by atoms with Gasteiger partial charge in [-0.15, -0.1) is 0 Å². The third-order valence-corrected chi connectivity index (χ3v) is 3.50. The van der Waals surface area contributed by atoms with Gasteiger partial charge >= 0.3 is 6.03 Å². The third-order valence-electron chi connectivity index (χ3n) is 3.50. The molecule has 4 N–H and O–H groups in total. The van der Waals surface area contributed by atoms with E-state index >= 15 is 0 Å². The molecule has 8 heteroatoms. The average Bonchev–Trinajstić information content (AvgIpc) is 2.64. The minimum absolute atomic E-state index is 0.102. The molecule has 0 aliphatic heterocycles. The van der Waals surface area contributed by atoms with Crippen LogP contribution in [0.1, 0.15) is 25.8 Å². The zero-order valence-corrected chi connectivity index (χ0v) is 16.8. The van der Waals surface area contributed by atoms with Gasteiger partial charge in [-0.25, -0.2) is 4.79 Å². The van der Waals surface area contributed by atoms with Crippen molar-refractivity contribution in [3.8, 4) is 0 Å². The second-order valence-electron chi connectivity index (χ2n) is 6.26. The Morgan fingerprint density at radius 1 is 1.11 bits per heavy atom. The van der Waals surface area contributed by atoms with Crippen LogP contribution in [0.15, 0.2) is 29.3 Å². The summed E-state index contributed by atoms with van der Waals surface area (Å²) in [6, 6.07) is 7.59. The van der Waals surface area contributed by atoms with Crippen molar-refractivity contribution >= 4 is 17.7 Å². The van der Waals surface area contributed by atoms with Crippen molar-refractivity contribution in [2.45, 2.75) is 32.9 Å². The van der Waals surface area contributed by atoms with E-state index in [0.717, 1.165) is 30.2 Å². The highest BCUT2D eigenvalue weighted by atomic mass is 16.5. The summed E-state index contributed by atoms with van der Waals surface area (Å²) in [5.41, 5.74) is 1.85. The Bertz CT molecular complexity index is 561. The number of hydrogen-bond donors (Lipinski definition) is 4. The highest BCUT2D eigenvalue weighted by Crippen LogP contribution is 2.09. The molecule has 0 fully saturated rings. The van der Waals surface area contributed by atoms with Crippen LogP contribution in [0.2, 0.25) is 0 Å². The maximum absolute atomic E-state index is 11.7. The van der Waals surface area contributed by atoms with Gasteiger partial charge in [-0.3, -0.25) is 4.99 Å². The van der Waals surface area contributed by atoms with Gasteiger partial charge in [-0.1, -0.05) is 12.1 Å². The summed E-state index contributed by atoms with van der Waals surface area (Å²) in [5, 5.41) is 12.1. The van der Waals surface area contributed by atoms with Crippen molar-refractivity contribution in [1.29, 1.82) is 0 Å². The molecule has 0 atom stereocenters. The number of nitrogens with one attached hydrogen (secondary N) is 4. The summed E-state index contributed by atoms with van der Waals surface area (Å²) in [6.45, 7) is 7.18. The number of anilines is 1. The summed E-state index contributed by atoms with van der Waals surface area (Å²) in [7, 11) is 3.40. The molecule has 0 radical (unpaired) electrons. The normalized spacial score (nSPS) is 11.4. The Kier molecular flexibility index (Phi) is 11.6. The Morgan fingerprint density at radius 2 is 1.85 bits per heavy atom. The molecule has 8 nitrogen and oxygen atoms in total. The van der Waals surface area contributed by atoms with Gasteiger partial charge in [0.1, 0.15) is 0 Å². The van der Waals surface area contributed by atoms with Gasteiger partial charge in [0.05, 0.1) is 13.2 Å². The van der Waals surface area contributed by atoms with Gasteiger partial charge in [0.15, 0.2) is 5.96 Å². The molecule has 1 aromatic carbocycles. The van der Waals surface area contributed by atoms with Crippen molar-refractivity contribution in [1.82, 2.24) is 16.0 Å². The van der Waals surface area contributed by atoms with E-state index in [9.17, 15) is 4.79 Å². The van der Waals surface area contributed by atoms with Gasteiger partial charge in [0.25, 0.3) is 0 Å². The molecule has 0 spiro atoms. The molecule has 0 unspecified atom stereocenters. The summed E-state index contributed by atoms with van der Waals surface area (Å²) in [6.07, 6.45) is 0.892. The first-order valence-corrected chi connectivity index (χ1v) is 9.22. The standard InChI is InChI=1S/C19H33N5O3/c1-15(2)23-19(25)24-17-8-6-16(7-9-17)14-22-18(20-3)21-10-5-11-27-13-12-26-4/h6-9,15H,5,10-14H2,1-4H3,(H2,20,21,22)(H2,23,24,25). The molecule has 0 bridgehead atoms. The molecule has 1 aromatic rings. The summed E-state index contributed by atoms with van der Waals surface area (Å²) in [5.74, 6) is 0.741. The summed E-state index contributed by atoms with van der Waals surface area (Å²) >= 11 is 0. The van der Waals surface area contributed by atoms with Gasteiger partial charge in [0.2, 0.25) is 0 Å². The molecule has 2 amide bonds. The highest BCUT2D eigenvalue weighted by molar-refractivity contribution is 5.89. The lowest BCUT2D eigenvalue weighted by Crippen LogP contribution is -2.37. The van der Waals surface area contributed by atoms with E-state index in [4.69, 9.17) is 9.47 Å². The molecule has 152 valence electrons. The topological polar surface area (TPSA) is 96.0 Å². The van der Waals surface area contributed by atoms with Crippen LogP contribution in [-0.2, 0) is 16.0 Å². The van der Waals surface area contributed by atoms with Crippen molar-refractivity contribution in [3.63, 3.8) is 0 Å². The van der Waals surface area contributed by atoms with Gasteiger partial charge < -0.3 is 30.7 Å². The van der Waals surface area contributed by atoms with Crippen LogP contribution in [-0.4, -0.2) is 58.6 Å². The quantitative estimate of drug-likeness (QED) is 0.268. The van der Waals surface area contributed by atoms with Crippen LogP contribution >= 0.6 is 0 Å². The van der Waals surface area contributed by atoms with E-state index in [1.54, 1.807) is 14.2 Å². The van der Waals surface area contributed by atoms with E-state index in [2.05, 4.69) is 26.3 Å². The predicted molar refractivity (Wildman–Crippen MR) is 109 cm³/mol. The Labute approximate surface area is 162 Å². The molecule has 0 aliphatic carbocycles. The van der Waals surface area contributed by atoms with Crippen LogP contribution in [0.4, 0.5) is 10.5 Å². The lowest BCUT2D eigenvalue weighted by molar-refractivity contribution is 0.0698. The van der Waals surface area contributed by atoms with Crippen molar-refractivity contribution in [3.05, 3.63) is 29.8 Å². The predicted octanol–water partition coefficient (Wildman–Crippen LogP) is 1.93. The Hall–Kier alpha value is -2.32. The van der Waals surface area contributed by atoms with Crippen LogP contribution in [0.3, 0.4) is 0 Å². The Morgan fingerprint density at radius 3 is 2.48 bits per heavy atom. The number of benzene rings is 1. The number of aliphatic imine (C=N–C) groups is 1. The van der Waals surface area contributed by atoms with E-state index < -0.39 is 0 Å².